The van der Waals surface area contributed by atoms with Gasteiger partial charge in [-0.3, -0.25) is 0 Å². The van der Waals surface area contributed by atoms with Gasteiger partial charge >= 0.3 is 0 Å². The van der Waals surface area contributed by atoms with Crippen LogP contribution < -0.4 is 4.72 Å². The Bertz CT molecular complexity index is 534. The van der Waals surface area contributed by atoms with Crippen LogP contribution in [-0.2, 0) is 16.8 Å². The molecule has 1 aromatic carbocycles. The van der Waals surface area contributed by atoms with Crippen molar-refractivity contribution in [1.29, 1.82) is 0 Å². The Labute approximate surface area is 103 Å². The lowest BCUT2D eigenvalue weighted by molar-refractivity contribution is 0.546. The summed E-state index contributed by atoms with van der Waals surface area (Å²) in [5.74, 6) is 0. The van der Waals surface area contributed by atoms with Crippen molar-refractivity contribution in [2.24, 2.45) is 0 Å². The molecule has 1 saturated heterocycles. The second kappa shape index (κ2) is 4.40. The van der Waals surface area contributed by atoms with Crippen LogP contribution in [0.1, 0.15) is 22.3 Å². The normalized spacial score (nSPS) is 16.2. The van der Waals surface area contributed by atoms with E-state index in [1.165, 1.54) is 15.4 Å². The molecule has 5 heteroatoms. The highest BCUT2D eigenvalue weighted by Crippen LogP contribution is 2.16. The fraction of sp³-hybridized carbons (Fsp3) is 0.500. The number of hydrogen-bond acceptors (Lipinski definition) is 2. The van der Waals surface area contributed by atoms with Crippen molar-refractivity contribution >= 4 is 10.2 Å². The van der Waals surface area contributed by atoms with Crippen LogP contribution in [0.4, 0.5) is 0 Å². The maximum atomic E-state index is 11.6. The molecular formula is C12H18N2O2S. The van der Waals surface area contributed by atoms with Crippen molar-refractivity contribution in [3.8, 4) is 0 Å². The predicted octanol–water partition coefficient (Wildman–Crippen LogP) is 1.26. The second-order valence-electron chi connectivity index (χ2n) is 4.59. The van der Waals surface area contributed by atoms with Gasteiger partial charge in [0.2, 0.25) is 0 Å². The van der Waals surface area contributed by atoms with E-state index in [1.54, 1.807) is 0 Å². The van der Waals surface area contributed by atoms with Crippen LogP contribution in [0.2, 0.25) is 0 Å². The van der Waals surface area contributed by atoms with Gasteiger partial charge in [0.1, 0.15) is 0 Å². The number of aryl methyl sites for hydroxylation is 3. The van der Waals surface area contributed by atoms with Gasteiger partial charge in [-0.1, -0.05) is 12.1 Å². The molecule has 1 aliphatic rings. The minimum atomic E-state index is -3.24. The molecule has 94 valence electrons. The van der Waals surface area contributed by atoms with E-state index in [2.05, 4.69) is 23.8 Å². The van der Waals surface area contributed by atoms with E-state index in [1.807, 2.05) is 13.8 Å². The van der Waals surface area contributed by atoms with Gasteiger partial charge in [0.05, 0.1) is 0 Å². The van der Waals surface area contributed by atoms with E-state index in [4.69, 9.17) is 0 Å². The van der Waals surface area contributed by atoms with E-state index in [0.717, 1.165) is 11.1 Å². The van der Waals surface area contributed by atoms with Crippen LogP contribution in [0.3, 0.4) is 0 Å². The highest BCUT2D eigenvalue weighted by molar-refractivity contribution is 7.87. The van der Waals surface area contributed by atoms with E-state index >= 15 is 0 Å². The molecule has 0 aliphatic carbocycles. The molecule has 0 saturated carbocycles. The van der Waals surface area contributed by atoms with Crippen LogP contribution in [0.15, 0.2) is 12.1 Å². The quantitative estimate of drug-likeness (QED) is 0.822. The molecule has 4 nitrogen and oxygen atoms in total. The van der Waals surface area contributed by atoms with Gasteiger partial charge < -0.3 is 0 Å². The number of hydrogen-bond donors (Lipinski definition) is 1. The van der Waals surface area contributed by atoms with Crippen molar-refractivity contribution in [1.82, 2.24) is 9.03 Å². The molecule has 0 bridgehead atoms. The first-order chi connectivity index (χ1) is 7.90. The van der Waals surface area contributed by atoms with Crippen molar-refractivity contribution in [3.63, 3.8) is 0 Å². The van der Waals surface area contributed by atoms with Crippen LogP contribution in [0, 0.1) is 20.8 Å². The standard InChI is InChI=1S/C12H18N2O2S/c1-9-6-11(3)12(7-10(9)2)8-13-17(15,16)14-4-5-14/h6-7,13H,4-5,8H2,1-3H3. The van der Waals surface area contributed by atoms with Gasteiger partial charge in [0.15, 0.2) is 0 Å². The van der Waals surface area contributed by atoms with Crippen LogP contribution >= 0.6 is 0 Å². The van der Waals surface area contributed by atoms with E-state index < -0.39 is 10.2 Å². The number of nitrogens with zero attached hydrogens (tertiary/aromatic N) is 1. The third kappa shape index (κ3) is 2.86. The van der Waals surface area contributed by atoms with E-state index in [-0.39, 0.29) is 0 Å². The van der Waals surface area contributed by atoms with Crippen molar-refractivity contribution in [2.45, 2.75) is 27.3 Å². The molecule has 0 atom stereocenters. The molecule has 1 fully saturated rings. The highest BCUT2D eigenvalue weighted by Gasteiger charge is 2.31. The largest absolute Gasteiger partial charge is 0.279 e. The summed E-state index contributed by atoms with van der Waals surface area (Å²) in [7, 11) is -3.24. The topological polar surface area (TPSA) is 49.2 Å². The molecule has 2 rings (SSSR count). The van der Waals surface area contributed by atoms with Crippen LogP contribution in [0.25, 0.3) is 0 Å². The van der Waals surface area contributed by atoms with Gasteiger partial charge in [-0.25, -0.2) is 0 Å². The monoisotopic (exact) mass is 254 g/mol. The molecule has 0 aromatic heterocycles. The minimum absolute atomic E-state index is 0.367. The molecule has 0 amide bonds. The Balaban J connectivity index is 2.11. The molecule has 0 unspecified atom stereocenters. The smallest absolute Gasteiger partial charge is 0.198 e. The summed E-state index contributed by atoms with van der Waals surface area (Å²) in [4.78, 5) is 0. The average Bonchev–Trinajstić information content (AvgIpc) is 3.05. The molecule has 0 spiro atoms. The lowest BCUT2D eigenvalue weighted by Crippen LogP contribution is -2.29. The molecule has 1 aromatic rings. The maximum absolute atomic E-state index is 11.6. The molecule has 1 N–H and O–H groups in total. The number of nitrogens with one attached hydrogen (secondary N) is 1. The zero-order valence-corrected chi connectivity index (χ0v) is 11.3. The first-order valence-electron chi connectivity index (χ1n) is 5.71. The van der Waals surface area contributed by atoms with Gasteiger partial charge in [0, 0.05) is 19.6 Å². The summed E-state index contributed by atoms with van der Waals surface area (Å²) < 4.78 is 27.3. The number of rotatable bonds is 4. The Morgan fingerprint density at radius 3 is 2.29 bits per heavy atom. The Hall–Kier alpha value is -0.910. The van der Waals surface area contributed by atoms with Crippen LogP contribution in [0.5, 0.6) is 0 Å². The maximum Gasteiger partial charge on any atom is 0.279 e. The Morgan fingerprint density at radius 2 is 1.71 bits per heavy atom. The zero-order valence-electron chi connectivity index (χ0n) is 10.4. The lowest BCUT2D eigenvalue weighted by Gasteiger charge is -2.11. The average molecular weight is 254 g/mol. The Kier molecular flexibility index (Phi) is 3.25. The fourth-order valence-electron chi connectivity index (χ4n) is 1.75. The highest BCUT2D eigenvalue weighted by atomic mass is 32.2. The molecule has 1 heterocycles. The summed E-state index contributed by atoms with van der Waals surface area (Å²) >= 11 is 0. The SMILES string of the molecule is Cc1cc(C)c(CNS(=O)(=O)N2CC2)cc1C. The first kappa shape index (κ1) is 12.5. The van der Waals surface area contributed by atoms with Gasteiger partial charge in [-0.05, 0) is 43.0 Å². The predicted molar refractivity (Wildman–Crippen MR) is 68.0 cm³/mol. The third-order valence-corrected chi connectivity index (χ3v) is 4.70. The van der Waals surface area contributed by atoms with Crippen LogP contribution in [-0.4, -0.2) is 25.8 Å². The minimum Gasteiger partial charge on any atom is -0.198 e. The summed E-state index contributed by atoms with van der Waals surface area (Å²) in [6.45, 7) is 7.76. The molecule has 1 aliphatic heterocycles. The summed E-state index contributed by atoms with van der Waals surface area (Å²) in [5.41, 5.74) is 4.59. The Morgan fingerprint density at radius 1 is 1.12 bits per heavy atom. The summed E-state index contributed by atoms with van der Waals surface area (Å²) in [5, 5.41) is 0. The number of benzene rings is 1. The van der Waals surface area contributed by atoms with Gasteiger partial charge in [-0.2, -0.15) is 17.4 Å². The molecular weight excluding hydrogens is 236 g/mol. The summed E-state index contributed by atoms with van der Waals surface area (Å²) in [6.07, 6.45) is 0. The molecule has 0 radical (unpaired) electrons. The van der Waals surface area contributed by atoms with E-state index in [0.29, 0.717) is 19.6 Å². The fourth-order valence-corrected chi connectivity index (χ4v) is 2.84. The molecule has 17 heavy (non-hydrogen) atoms. The first-order valence-corrected chi connectivity index (χ1v) is 7.15. The van der Waals surface area contributed by atoms with E-state index in [9.17, 15) is 8.42 Å². The van der Waals surface area contributed by atoms with Crippen molar-refractivity contribution < 1.29 is 8.42 Å². The van der Waals surface area contributed by atoms with Gasteiger partial charge in [-0.15, -0.1) is 0 Å². The third-order valence-electron chi connectivity index (χ3n) is 3.14. The van der Waals surface area contributed by atoms with Crippen molar-refractivity contribution in [3.05, 3.63) is 34.4 Å². The van der Waals surface area contributed by atoms with Crippen molar-refractivity contribution in [2.75, 3.05) is 13.1 Å². The van der Waals surface area contributed by atoms with Gasteiger partial charge in [0.25, 0.3) is 10.2 Å². The zero-order chi connectivity index (χ0) is 12.6. The summed E-state index contributed by atoms with van der Waals surface area (Å²) in [6, 6.07) is 4.14. The lowest BCUT2D eigenvalue weighted by atomic mass is 10.0. The second-order valence-corrected chi connectivity index (χ2v) is 6.34.